The first-order valence-electron chi connectivity index (χ1n) is 9.11. The summed E-state index contributed by atoms with van der Waals surface area (Å²) in [5, 5.41) is 13.8. The van der Waals surface area contributed by atoms with Crippen LogP contribution in [0.15, 0.2) is 59.5 Å². The molecule has 3 aromatic rings. The summed E-state index contributed by atoms with van der Waals surface area (Å²) in [6, 6.07) is 12.6. The molecule has 0 spiro atoms. The fraction of sp³-hybridized carbons (Fsp3) is 0.200. The zero-order valence-corrected chi connectivity index (χ0v) is 16.9. The van der Waals surface area contributed by atoms with E-state index < -0.39 is 42.0 Å². The summed E-state index contributed by atoms with van der Waals surface area (Å²) in [7, 11) is 0. The number of nitrogens with zero attached hydrogens (tertiary/aromatic N) is 3. The first-order chi connectivity index (χ1) is 14.7. The third-order valence-corrected chi connectivity index (χ3v) is 4.80. The molecule has 8 nitrogen and oxygen atoms in total. The van der Waals surface area contributed by atoms with Gasteiger partial charge in [-0.1, -0.05) is 41.9 Å². The van der Waals surface area contributed by atoms with Crippen LogP contribution in [0.25, 0.3) is 0 Å². The molecule has 0 bridgehead atoms. The van der Waals surface area contributed by atoms with Gasteiger partial charge < -0.3 is 16.3 Å². The molecule has 0 aliphatic rings. The maximum Gasteiger partial charge on any atom is 0.347 e. The molecule has 0 unspecified atom stereocenters. The summed E-state index contributed by atoms with van der Waals surface area (Å²) in [6.45, 7) is -1.63. The third kappa shape index (κ3) is 5.15. The van der Waals surface area contributed by atoms with Crippen LogP contribution in [0.3, 0.4) is 0 Å². The molecule has 0 radical (unpaired) electrons. The molecule has 2 aromatic heterocycles. The standard InChI is InChI=1S/C20H18ClF2N5O3/c21-17-14(10-13-6-2-1-3-7-13)26-18(19(30)27(17)11-16(24)29)25-12-20(22,23)15-8-4-5-9-28(15)31/h1-9H,10-12H2,(H2,24,29)(H,25,26). The molecule has 0 aliphatic heterocycles. The van der Waals surface area contributed by atoms with Gasteiger partial charge in [0.2, 0.25) is 5.91 Å². The number of primary amides is 1. The highest BCUT2D eigenvalue weighted by Gasteiger charge is 2.39. The molecule has 2 heterocycles. The van der Waals surface area contributed by atoms with Crippen molar-refractivity contribution in [2.75, 3.05) is 11.9 Å². The SMILES string of the molecule is NC(=O)Cn1c(Cl)c(Cc2ccccc2)nc(NCC(F)(F)c2cccc[n+]2[O-])c1=O. The van der Waals surface area contributed by atoms with Gasteiger partial charge in [0.15, 0.2) is 12.0 Å². The zero-order valence-electron chi connectivity index (χ0n) is 16.1. The molecule has 0 fully saturated rings. The Balaban J connectivity index is 1.97. The van der Waals surface area contributed by atoms with Crippen LogP contribution >= 0.6 is 11.6 Å². The van der Waals surface area contributed by atoms with E-state index in [1.165, 1.54) is 12.1 Å². The summed E-state index contributed by atoms with van der Waals surface area (Å²) in [5.74, 6) is -4.89. The number of anilines is 1. The van der Waals surface area contributed by atoms with Crippen molar-refractivity contribution in [3.8, 4) is 0 Å². The highest BCUT2D eigenvalue weighted by atomic mass is 35.5. The van der Waals surface area contributed by atoms with Crippen molar-refractivity contribution in [1.82, 2.24) is 9.55 Å². The lowest BCUT2D eigenvalue weighted by Crippen LogP contribution is -2.41. The summed E-state index contributed by atoms with van der Waals surface area (Å²) >= 11 is 6.26. The van der Waals surface area contributed by atoms with Crippen molar-refractivity contribution in [2.45, 2.75) is 18.9 Å². The van der Waals surface area contributed by atoms with Crippen LogP contribution in [-0.4, -0.2) is 22.0 Å². The Morgan fingerprint density at radius 3 is 2.55 bits per heavy atom. The van der Waals surface area contributed by atoms with E-state index in [-0.39, 0.29) is 22.0 Å². The fourth-order valence-corrected chi connectivity index (χ4v) is 3.16. The van der Waals surface area contributed by atoms with Gasteiger partial charge in [-0.15, -0.1) is 0 Å². The number of halogens is 3. The van der Waals surface area contributed by atoms with Gasteiger partial charge in [-0.25, -0.2) is 4.98 Å². The van der Waals surface area contributed by atoms with Crippen molar-refractivity contribution < 1.29 is 18.3 Å². The van der Waals surface area contributed by atoms with Crippen LogP contribution in [0.1, 0.15) is 17.0 Å². The van der Waals surface area contributed by atoms with E-state index in [0.717, 1.165) is 22.4 Å². The number of alkyl halides is 2. The van der Waals surface area contributed by atoms with Gasteiger partial charge in [-0.05, 0) is 11.6 Å². The summed E-state index contributed by atoms with van der Waals surface area (Å²) in [5.41, 5.74) is 4.51. The van der Waals surface area contributed by atoms with E-state index in [1.807, 2.05) is 6.07 Å². The summed E-state index contributed by atoms with van der Waals surface area (Å²) in [4.78, 5) is 28.2. The van der Waals surface area contributed by atoms with Gasteiger partial charge in [0.05, 0.1) is 12.2 Å². The molecule has 3 N–H and O–H groups in total. The van der Waals surface area contributed by atoms with E-state index in [4.69, 9.17) is 17.3 Å². The minimum atomic E-state index is -3.61. The van der Waals surface area contributed by atoms with E-state index >= 15 is 0 Å². The molecule has 162 valence electrons. The number of aromatic nitrogens is 3. The first kappa shape index (κ1) is 22.2. The molecule has 1 aromatic carbocycles. The lowest BCUT2D eigenvalue weighted by atomic mass is 10.1. The van der Waals surface area contributed by atoms with Gasteiger partial charge in [0.1, 0.15) is 11.7 Å². The maximum atomic E-state index is 14.6. The predicted molar refractivity (Wildman–Crippen MR) is 110 cm³/mol. The Hall–Kier alpha value is -3.53. The molecule has 31 heavy (non-hydrogen) atoms. The smallest absolute Gasteiger partial charge is 0.347 e. The number of rotatable bonds is 8. The second-order valence-electron chi connectivity index (χ2n) is 6.69. The number of amides is 1. The Bertz CT molecular complexity index is 1160. The minimum Gasteiger partial charge on any atom is -0.618 e. The molecule has 11 heteroatoms. The number of nitrogens with two attached hydrogens (primary N) is 1. The van der Waals surface area contributed by atoms with Gasteiger partial charge in [-0.2, -0.15) is 13.5 Å². The highest BCUT2D eigenvalue weighted by Crippen LogP contribution is 2.25. The van der Waals surface area contributed by atoms with Crippen molar-refractivity contribution in [3.05, 3.63) is 92.4 Å². The van der Waals surface area contributed by atoms with Crippen molar-refractivity contribution in [2.24, 2.45) is 5.73 Å². The maximum absolute atomic E-state index is 14.6. The van der Waals surface area contributed by atoms with Crippen molar-refractivity contribution in [3.63, 3.8) is 0 Å². The average Bonchev–Trinajstić information content (AvgIpc) is 2.73. The Kier molecular flexibility index (Phi) is 6.50. The molecular weight excluding hydrogens is 432 g/mol. The largest absolute Gasteiger partial charge is 0.618 e. The minimum absolute atomic E-state index is 0.0448. The molecule has 0 atom stereocenters. The molecule has 0 aliphatic carbocycles. The predicted octanol–water partition coefficient (Wildman–Crippen LogP) is 1.81. The average molecular weight is 450 g/mol. The van der Waals surface area contributed by atoms with Crippen LogP contribution in [0.4, 0.5) is 14.6 Å². The quantitative estimate of drug-likeness (QED) is 0.402. The number of carbonyl (C=O) groups is 1. The topological polar surface area (TPSA) is 117 Å². The number of carbonyl (C=O) groups excluding carboxylic acids is 1. The normalized spacial score (nSPS) is 11.3. The number of hydrogen-bond acceptors (Lipinski definition) is 5. The van der Waals surface area contributed by atoms with Crippen molar-refractivity contribution >= 4 is 23.3 Å². The van der Waals surface area contributed by atoms with Gasteiger partial charge in [-0.3, -0.25) is 14.2 Å². The van der Waals surface area contributed by atoms with Gasteiger partial charge >= 0.3 is 5.92 Å². The van der Waals surface area contributed by atoms with E-state index in [0.29, 0.717) is 0 Å². The van der Waals surface area contributed by atoms with E-state index in [1.54, 1.807) is 24.3 Å². The molecular formula is C20H18ClF2N5O3. The van der Waals surface area contributed by atoms with Gasteiger partial charge in [0, 0.05) is 18.6 Å². The number of benzene rings is 1. The van der Waals surface area contributed by atoms with E-state index in [2.05, 4.69) is 10.3 Å². The number of pyridine rings is 1. The zero-order chi connectivity index (χ0) is 22.6. The number of nitrogens with one attached hydrogen (secondary N) is 1. The monoisotopic (exact) mass is 449 g/mol. The molecule has 1 amide bonds. The lowest BCUT2D eigenvalue weighted by Gasteiger charge is -2.18. The highest BCUT2D eigenvalue weighted by molar-refractivity contribution is 6.30. The van der Waals surface area contributed by atoms with Crippen molar-refractivity contribution in [1.29, 1.82) is 0 Å². The summed E-state index contributed by atoms with van der Waals surface area (Å²) < 4.78 is 30.0. The van der Waals surface area contributed by atoms with Crippen LogP contribution < -0.4 is 21.3 Å². The number of hydrogen-bond donors (Lipinski definition) is 2. The Morgan fingerprint density at radius 1 is 1.23 bits per heavy atom. The molecule has 0 saturated heterocycles. The van der Waals surface area contributed by atoms with Crippen LogP contribution in [0, 0.1) is 5.21 Å². The fourth-order valence-electron chi connectivity index (χ4n) is 2.91. The van der Waals surface area contributed by atoms with Crippen LogP contribution in [-0.2, 0) is 23.7 Å². The summed E-state index contributed by atoms with van der Waals surface area (Å²) in [6.07, 6.45) is 1.13. The second-order valence-corrected chi connectivity index (χ2v) is 7.05. The third-order valence-electron chi connectivity index (χ3n) is 4.37. The Labute approximate surface area is 180 Å². The molecule has 3 rings (SSSR count). The van der Waals surface area contributed by atoms with Crippen LogP contribution in [0.2, 0.25) is 5.15 Å². The van der Waals surface area contributed by atoms with Gasteiger partial charge in [0.25, 0.3) is 11.3 Å². The lowest BCUT2D eigenvalue weighted by molar-refractivity contribution is -0.624. The molecule has 0 saturated carbocycles. The second kappa shape index (κ2) is 9.09. The first-order valence-corrected chi connectivity index (χ1v) is 9.48. The van der Waals surface area contributed by atoms with E-state index in [9.17, 15) is 23.6 Å². The Morgan fingerprint density at radius 2 is 1.90 bits per heavy atom. The van der Waals surface area contributed by atoms with Crippen LogP contribution in [0.5, 0.6) is 0 Å².